The average molecular weight is 395 g/mol. The number of aromatic nitrogens is 3. The SMILES string of the molecule is CC(=O)N(Cc1c(Cl)c(Cl)cc2cc(C(=O)O)c(=O)[nH]c12)n1ccnc1. The van der Waals surface area contributed by atoms with Crippen molar-refractivity contribution in [2.45, 2.75) is 13.5 Å². The van der Waals surface area contributed by atoms with Crippen molar-refractivity contribution in [1.82, 2.24) is 14.6 Å². The molecule has 0 atom stereocenters. The number of imidazole rings is 1. The van der Waals surface area contributed by atoms with Crippen LogP contribution in [0.2, 0.25) is 10.0 Å². The van der Waals surface area contributed by atoms with Crippen LogP contribution in [-0.4, -0.2) is 31.6 Å². The van der Waals surface area contributed by atoms with Crippen molar-refractivity contribution in [2.75, 3.05) is 5.01 Å². The van der Waals surface area contributed by atoms with Crippen LogP contribution in [0.5, 0.6) is 0 Å². The molecule has 1 aromatic carbocycles. The third-order valence-electron chi connectivity index (χ3n) is 3.80. The van der Waals surface area contributed by atoms with Gasteiger partial charge in [-0.3, -0.25) is 9.59 Å². The van der Waals surface area contributed by atoms with Crippen LogP contribution in [0, 0.1) is 0 Å². The van der Waals surface area contributed by atoms with Gasteiger partial charge >= 0.3 is 5.97 Å². The van der Waals surface area contributed by atoms with Crippen molar-refractivity contribution >= 4 is 46.0 Å². The number of hydrogen-bond acceptors (Lipinski definition) is 4. The number of carbonyl (C=O) groups excluding carboxylic acids is 1. The van der Waals surface area contributed by atoms with E-state index in [1.54, 1.807) is 6.20 Å². The molecular weight excluding hydrogens is 383 g/mol. The molecule has 1 amide bonds. The molecule has 0 saturated carbocycles. The Bertz CT molecular complexity index is 1080. The molecule has 0 fully saturated rings. The summed E-state index contributed by atoms with van der Waals surface area (Å²) in [5.74, 6) is -1.65. The first-order chi connectivity index (χ1) is 12.3. The lowest BCUT2D eigenvalue weighted by Crippen LogP contribution is -2.37. The van der Waals surface area contributed by atoms with Gasteiger partial charge in [-0.15, -0.1) is 0 Å². The smallest absolute Gasteiger partial charge is 0.341 e. The second-order valence-corrected chi connectivity index (χ2v) is 6.24. The number of halogens is 2. The molecule has 0 aliphatic heterocycles. The molecule has 134 valence electrons. The van der Waals surface area contributed by atoms with Crippen molar-refractivity contribution in [3.8, 4) is 0 Å². The number of carboxylic acids is 1. The number of carboxylic acid groups (broad SMARTS) is 1. The quantitative estimate of drug-likeness (QED) is 0.706. The summed E-state index contributed by atoms with van der Waals surface area (Å²) >= 11 is 12.5. The first-order valence-corrected chi connectivity index (χ1v) is 8.08. The Kier molecular flexibility index (Phi) is 4.71. The first kappa shape index (κ1) is 18.0. The van der Waals surface area contributed by atoms with E-state index in [1.807, 2.05) is 0 Å². The molecule has 2 aromatic heterocycles. The number of benzene rings is 1. The van der Waals surface area contributed by atoms with E-state index in [2.05, 4.69) is 9.97 Å². The second kappa shape index (κ2) is 6.81. The Balaban J connectivity index is 2.22. The summed E-state index contributed by atoms with van der Waals surface area (Å²) in [6.07, 6.45) is 4.52. The monoisotopic (exact) mass is 394 g/mol. The maximum Gasteiger partial charge on any atom is 0.341 e. The third-order valence-corrected chi connectivity index (χ3v) is 4.63. The van der Waals surface area contributed by atoms with Gasteiger partial charge in [-0.1, -0.05) is 23.2 Å². The highest BCUT2D eigenvalue weighted by atomic mass is 35.5. The number of hydrogen-bond donors (Lipinski definition) is 2. The lowest BCUT2D eigenvalue weighted by Gasteiger charge is -2.23. The van der Waals surface area contributed by atoms with Gasteiger partial charge in [-0.25, -0.2) is 19.5 Å². The Morgan fingerprint density at radius 1 is 1.35 bits per heavy atom. The van der Waals surface area contributed by atoms with Crippen LogP contribution in [0.4, 0.5) is 0 Å². The molecule has 0 aliphatic rings. The summed E-state index contributed by atoms with van der Waals surface area (Å²) in [4.78, 5) is 41.7. The number of nitrogens with one attached hydrogen (secondary N) is 1. The molecule has 0 spiro atoms. The lowest BCUT2D eigenvalue weighted by molar-refractivity contribution is -0.118. The van der Waals surface area contributed by atoms with E-state index < -0.39 is 17.1 Å². The molecule has 2 heterocycles. The number of H-pyrrole nitrogens is 1. The van der Waals surface area contributed by atoms with Gasteiger partial charge in [0.05, 0.1) is 22.1 Å². The predicted molar refractivity (Wildman–Crippen MR) is 96.4 cm³/mol. The molecule has 0 radical (unpaired) electrons. The molecule has 3 rings (SSSR count). The Morgan fingerprint density at radius 3 is 2.65 bits per heavy atom. The van der Waals surface area contributed by atoms with Gasteiger partial charge in [0.1, 0.15) is 11.9 Å². The number of fused-ring (bicyclic) bond motifs is 1. The zero-order chi connectivity index (χ0) is 19.0. The van der Waals surface area contributed by atoms with Crippen molar-refractivity contribution < 1.29 is 14.7 Å². The molecule has 2 N–H and O–H groups in total. The number of aromatic amines is 1. The van der Waals surface area contributed by atoms with Crippen LogP contribution in [0.3, 0.4) is 0 Å². The zero-order valence-electron chi connectivity index (χ0n) is 13.4. The Morgan fingerprint density at radius 2 is 2.08 bits per heavy atom. The topological polar surface area (TPSA) is 108 Å². The summed E-state index contributed by atoms with van der Waals surface area (Å²) in [5, 5.41) is 11.2. The summed E-state index contributed by atoms with van der Waals surface area (Å²) in [7, 11) is 0. The lowest BCUT2D eigenvalue weighted by atomic mass is 10.1. The highest BCUT2D eigenvalue weighted by molar-refractivity contribution is 6.43. The normalized spacial score (nSPS) is 10.9. The number of rotatable bonds is 4. The van der Waals surface area contributed by atoms with E-state index in [4.69, 9.17) is 28.3 Å². The summed E-state index contributed by atoms with van der Waals surface area (Å²) < 4.78 is 1.47. The van der Waals surface area contributed by atoms with Gasteiger partial charge in [-0.05, 0) is 12.1 Å². The summed E-state index contributed by atoms with van der Waals surface area (Å²) in [6.45, 7) is 1.36. The van der Waals surface area contributed by atoms with E-state index in [9.17, 15) is 14.4 Å². The number of amides is 1. The van der Waals surface area contributed by atoms with E-state index in [0.717, 1.165) is 0 Å². The van der Waals surface area contributed by atoms with Gasteiger partial charge in [0.2, 0.25) is 5.91 Å². The molecular formula is C16H12Cl2N4O4. The number of nitrogens with zero attached hydrogens (tertiary/aromatic N) is 3. The van der Waals surface area contributed by atoms with E-state index in [1.165, 1.54) is 41.3 Å². The number of aromatic carboxylic acids is 1. The molecule has 0 saturated heterocycles. The van der Waals surface area contributed by atoms with Crippen molar-refractivity contribution in [1.29, 1.82) is 0 Å². The van der Waals surface area contributed by atoms with Crippen LogP contribution < -0.4 is 10.6 Å². The minimum absolute atomic E-state index is 0.00998. The van der Waals surface area contributed by atoms with Gasteiger partial charge in [0.15, 0.2) is 0 Å². The van der Waals surface area contributed by atoms with Crippen LogP contribution in [-0.2, 0) is 11.3 Å². The fourth-order valence-electron chi connectivity index (χ4n) is 2.57. The van der Waals surface area contributed by atoms with Gasteiger partial charge in [-0.2, -0.15) is 0 Å². The Labute approximate surface area is 156 Å². The van der Waals surface area contributed by atoms with Crippen LogP contribution >= 0.6 is 23.2 Å². The molecule has 10 heteroatoms. The molecule has 0 unspecified atom stereocenters. The number of pyridine rings is 1. The predicted octanol–water partition coefficient (Wildman–Crippen LogP) is 2.41. The van der Waals surface area contributed by atoms with E-state index in [-0.39, 0.29) is 22.5 Å². The molecule has 8 nitrogen and oxygen atoms in total. The molecule has 0 aliphatic carbocycles. The van der Waals surface area contributed by atoms with E-state index >= 15 is 0 Å². The number of carbonyl (C=O) groups is 2. The van der Waals surface area contributed by atoms with Crippen LogP contribution in [0.25, 0.3) is 10.9 Å². The summed E-state index contributed by atoms with van der Waals surface area (Å²) in [5.41, 5.74) is -0.505. The van der Waals surface area contributed by atoms with Gasteiger partial charge < -0.3 is 10.1 Å². The maximum atomic E-state index is 12.1. The third kappa shape index (κ3) is 3.16. The van der Waals surface area contributed by atoms with Gasteiger partial charge in [0.25, 0.3) is 5.56 Å². The first-order valence-electron chi connectivity index (χ1n) is 7.33. The average Bonchev–Trinajstić information content (AvgIpc) is 3.09. The molecule has 26 heavy (non-hydrogen) atoms. The molecule has 0 bridgehead atoms. The van der Waals surface area contributed by atoms with Crippen LogP contribution in [0.15, 0.2) is 35.6 Å². The standard InChI is InChI=1S/C16H12Cl2N4O4/c1-8(23)22(21-3-2-19-7-21)6-11-13(18)12(17)5-9-4-10(16(25)26)15(24)20-14(9)11/h2-5,7H,6H2,1H3,(H,20,24)(H,25,26). The second-order valence-electron chi connectivity index (χ2n) is 5.45. The minimum Gasteiger partial charge on any atom is -0.477 e. The highest BCUT2D eigenvalue weighted by Gasteiger charge is 2.20. The fraction of sp³-hybridized carbons (Fsp3) is 0.125. The maximum absolute atomic E-state index is 12.1. The highest BCUT2D eigenvalue weighted by Crippen LogP contribution is 2.33. The van der Waals surface area contributed by atoms with Crippen molar-refractivity contribution in [3.63, 3.8) is 0 Å². The Hall–Kier alpha value is -2.84. The summed E-state index contributed by atoms with van der Waals surface area (Å²) in [6, 6.07) is 2.68. The minimum atomic E-state index is -1.36. The fourth-order valence-corrected chi connectivity index (χ4v) is 3.01. The van der Waals surface area contributed by atoms with Crippen molar-refractivity contribution in [3.05, 3.63) is 62.4 Å². The zero-order valence-corrected chi connectivity index (χ0v) is 14.9. The van der Waals surface area contributed by atoms with Crippen LogP contribution in [0.1, 0.15) is 22.8 Å². The molecule has 3 aromatic rings. The largest absolute Gasteiger partial charge is 0.477 e. The van der Waals surface area contributed by atoms with Gasteiger partial charge in [0, 0.05) is 30.3 Å². The van der Waals surface area contributed by atoms with Crippen molar-refractivity contribution in [2.24, 2.45) is 0 Å². The van der Waals surface area contributed by atoms with E-state index in [0.29, 0.717) is 16.5 Å².